The lowest BCUT2D eigenvalue weighted by Gasteiger charge is -2.11. The van der Waals surface area contributed by atoms with Crippen LogP contribution < -0.4 is 4.74 Å². The average Bonchev–Trinajstić information content (AvgIpc) is 2.58. The van der Waals surface area contributed by atoms with Crippen LogP contribution >= 0.6 is 23.2 Å². The largest absolute Gasteiger partial charge is 0.496 e. The van der Waals surface area contributed by atoms with Crippen LogP contribution in [0.25, 0.3) is 6.08 Å². The molecule has 0 aliphatic heterocycles. The molecule has 0 heterocycles. The molecule has 0 unspecified atom stereocenters. The first-order valence-corrected chi connectivity index (χ1v) is 8.44. The molecule has 2 aromatic carbocycles. The number of ketones is 1. The molecule has 2 rings (SSSR count). The molecule has 0 aliphatic rings. The molecule has 0 atom stereocenters. The van der Waals surface area contributed by atoms with Crippen molar-refractivity contribution in [3.05, 3.63) is 69.2 Å². The fraction of sp³-hybridized carbons (Fsp3) is 0.211. The van der Waals surface area contributed by atoms with E-state index in [2.05, 4.69) is 4.74 Å². The van der Waals surface area contributed by atoms with Crippen LogP contribution in [-0.4, -0.2) is 25.7 Å². The molecule has 8 heteroatoms. The van der Waals surface area contributed by atoms with E-state index >= 15 is 0 Å². The van der Waals surface area contributed by atoms with Crippen molar-refractivity contribution in [3.8, 4) is 5.75 Å². The quantitative estimate of drug-likeness (QED) is 0.409. The van der Waals surface area contributed by atoms with Crippen molar-refractivity contribution >= 4 is 35.1 Å². The normalized spacial score (nSPS) is 11.8. The Morgan fingerprint density at radius 1 is 1.15 bits per heavy atom. The summed E-state index contributed by atoms with van der Waals surface area (Å²) in [5.41, 5.74) is 1.32. The van der Waals surface area contributed by atoms with Gasteiger partial charge in [-0.25, -0.2) is 0 Å². The van der Waals surface area contributed by atoms with Crippen LogP contribution in [0, 0.1) is 0 Å². The lowest BCUT2D eigenvalue weighted by atomic mass is 10.1. The van der Waals surface area contributed by atoms with Gasteiger partial charge in [0, 0.05) is 16.1 Å². The minimum Gasteiger partial charge on any atom is -0.496 e. The standard InChI is InChI=1S/C19H15Cl2F3O3/c1-26-18-7-3-12(8-13(18)10-27-11-19(22,23)24)2-6-17(25)15-5-4-14(20)9-16(15)21/h2-9H,10-11H2,1H3/b6-2+. The van der Waals surface area contributed by atoms with E-state index < -0.39 is 12.8 Å². The maximum atomic E-state index is 12.3. The molecule has 0 amide bonds. The summed E-state index contributed by atoms with van der Waals surface area (Å²) >= 11 is 11.8. The Bertz CT molecular complexity index is 849. The summed E-state index contributed by atoms with van der Waals surface area (Å²) < 4.78 is 46.5. The molecule has 0 aromatic heterocycles. The monoisotopic (exact) mass is 418 g/mol. The summed E-state index contributed by atoms with van der Waals surface area (Å²) in [6.45, 7) is -1.63. The highest BCUT2D eigenvalue weighted by atomic mass is 35.5. The summed E-state index contributed by atoms with van der Waals surface area (Å²) in [6, 6.07) is 9.38. The average molecular weight is 419 g/mol. The molecule has 0 fully saturated rings. The van der Waals surface area contributed by atoms with E-state index in [0.717, 1.165) is 0 Å². The van der Waals surface area contributed by atoms with Gasteiger partial charge in [-0.1, -0.05) is 35.3 Å². The van der Waals surface area contributed by atoms with Gasteiger partial charge in [0.15, 0.2) is 5.78 Å². The van der Waals surface area contributed by atoms with Crippen LogP contribution in [0.1, 0.15) is 21.5 Å². The van der Waals surface area contributed by atoms with Crippen molar-refractivity contribution in [2.24, 2.45) is 0 Å². The molecular weight excluding hydrogens is 404 g/mol. The summed E-state index contributed by atoms with van der Waals surface area (Å²) in [6.07, 6.45) is -1.56. The second-order valence-corrected chi connectivity index (χ2v) is 6.34. The van der Waals surface area contributed by atoms with Crippen LogP contribution in [-0.2, 0) is 11.3 Å². The topological polar surface area (TPSA) is 35.5 Å². The Morgan fingerprint density at radius 2 is 1.89 bits per heavy atom. The van der Waals surface area contributed by atoms with Crippen LogP contribution in [0.2, 0.25) is 10.0 Å². The Labute approximate surface area is 164 Å². The first-order valence-electron chi connectivity index (χ1n) is 7.68. The minimum absolute atomic E-state index is 0.230. The van der Waals surface area contributed by atoms with E-state index in [1.165, 1.54) is 31.4 Å². The molecule has 27 heavy (non-hydrogen) atoms. The molecule has 0 aliphatic carbocycles. The van der Waals surface area contributed by atoms with Crippen molar-refractivity contribution in [1.82, 2.24) is 0 Å². The third-order valence-corrected chi connectivity index (χ3v) is 4.00. The van der Waals surface area contributed by atoms with Crippen LogP contribution in [0.3, 0.4) is 0 Å². The third kappa shape index (κ3) is 6.57. The lowest BCUT2D eigenvalue weighted by molar-refractivity contribution is -0.176. The number of carbonyl (C=O) groups is 1. The highest BCUT2D eigenvalue weighted by Crippen LogP contribution is 2.24. The number of alkyl halides is 3. The number of methoxy groups -OCH3 is 1. The number of allylic oxidation sites excluding steroid dienone is 1. The summed E-state index contributed by atoms with van der Waals surface area (Å²) in [5, 5.41) is 0.646. The Kier molecular flexibility index (Phi) is 7.30. The molecule has 0 saturated carbocycles. The smallest absolute Gasteiger partial charge is 0.411 e. The predicted molar refractivity (Wildman–Crippen MR) is 98.5 cm³/mol. The van der Waals surface area contributed by atoms with Gasteiger partial charge in [-0.3, -0.25) is 4.79 Å². The van der Waals surface area contributed by atoms with E-state index in [9.17, 15) is 18.0 Å². The zero-order valence-corrected chi connectivity index (χ0v) is 15.7. The summed E-state index contributed by atoms with van der Waals surface area (Å²) in [7, 11) is 1.41. The molecule has 0 radical (unpaired) electrons. The van der Waals surface area contributed by atoms with Gasteiger partial charge in [-0.05, 0) is 42.0 Å². The zero-order chi connectivity index (χ0) is 20.0. The fourth-order valence-electron chi connectivity index (χ4n) is 2.24. The zero-order valence-electron chi connectivity index (χ0n) is 14.1. The molecule has 144 valence electrons. The molecular formula is C19H15Cl2F3O3. The number of halogens is 5. The molecule has 0 N–H and O–H groups in total. The van der Waals surface area contributed by atoms with Gasteiger partial charge in [-0.15, -0.1) is 0 Å². The maximum Gasteiger partial charge on any atom is 0.411 e. The third-order valence-electron chi connectivity index (χ3n) is 3.45. The van der Waals surface area contributed by atoms with Gasteiger partial charge in [-0.2, -0.15) is 13.2 Å². The van der Waals surface area contributed by atoms with Crippen molar-refractivity contribution in [3.63, 3.8) is 0 Å². The van der Waals surface area contributed by atoms with Crippen LogP contribution in [0.4, 0.5) is 13.2 Å². The van der Waals surface area contributed by atoms with E-state index in [1.54, 1.807) is 24.3 Å². The minimum atomic E-state index is -4.41. The van der Waals surface area contributed by atoms with Crippen molar-refractivity contribution in [2.45, 2.75) is 12.8 Å². The second kappa shape index (κ2) is 9.26. The summed E-state index contributed by atoms with van der Waals surface area (Å²) in [4.78, 5) is 12.3. The number of ether oxygens (including phenoxy) is 2. The molecule has 0 bridgehead atoms. The van der Waals surface area contributed by atoms with Gasteiger partial charge in [0.1, 0.15) is 12.4 Å². The van der Waals surface area contributed by atoms with Gasteiger partial charge in [0.25, 0.3) is 0 Å². The van der Waals surface area contributed by atoms with Gasteiger partial charge in [0.2, 0.25) is 0 Å². The Balaban J connectivity index is 2.14. The highest BCUT2D eigenvalue weighted by Gasteiger charge is 2.27. The fourth-order valence-corrected chi connectivity index (χ4v) is 2.74. The van der Waals surface area contributed by atoms with E-state index in [-0.39, 0.29) is 17.4 Å². The number of benzene rings is 2. The van der Waals surface area contributed by atoms with E-state index in [1.807, 2.05) is 0 Å². The van der Waals surface area contributed by atoms with Crippen LogP contribution in [0.15, 0.2) is 42.5 Å². The molecule has 3 nitrogen and oxygen atoms in total. The van der Waals surface area contributed by atoms with E-state index in [0.29, 0.717) is 27.5 Å². The Hall–Kier alpha value is -2.02. The van der Waals surface area contributed by atoms with Gasteiger partial charge >= 0.3 is 6.18 Å². The Morgan fingerprint density at radius 3 is 2.52 bits per heavy atom. The SMILES string of the molecule is COc1ccc(/C=C/C(=O)c2ccc(Cl)cc2Cl)cc1COCC(F)(F)F. The van der Waals surface area contributed by atoms with Crippen LogP contribution in [0.5, 0.6) is 5.75 Å². The number of rotatable bonds is 7. The first kappa shape index (κ1) is 21.3. The number of carbonyl (C=O) groups excluding carboxylic acids is 1. The lowest BCUT2D eigenvalue weighted by Crippen LogP contribution is -2.16. The van der Waals surface area contributed by atoms with E-state index in [4.69, 9.17) is 27.9 Å². The highest BCUT2D eigenvalue weighted by molar-refractivity contribution is 6.37. The predicted octanol–water partition coefficient (Wildman–Crippen LogP) is 5.98. The molecule has 0 spiro atoms. The summed E-state index contributed by atoms with van der Waals surface area (Å²) in [5.74, 6) is 0.0590. The molecule has 0 saturated heterocycles. The van der Waals surface area contributed by atoms with Crippen molar-refractivity contribution in [1.29, 1.82) is 0 Å². The maximum absolute atomic E-state index is 12.3. The van der Waals surface area contributed by atoms with Gasteiger partial charge < -0.3 is 9.47 Å². The number of hydrogen-bond acceptors (Lipinski definition) is 3. The van der Waals surface area contributed by atoms with Gasteiger partial charge in [0.05, 0.1) is 18.7 Å². The van der Waals surface area contributed by atoms with Crippen molar-refractivity contribution in [2.75, 3.05) is 13.7 Å². The number of hydrogen-bond donors (Lipinski definition) is 0. The second-order valence-electron chi connectivity index (χ2n) is 5.50. The molecule has 2 aromatic rings. The van der Waals surface area contributed by atoms with Crippen molar-refractivity contribution < 1.29 is 27.4 Å². The first-order chi connectivity index (χ1) is 12.7.